The average molecular weight is 435 g/mol. The smallest absolute Gasteiger partial charge is 0.131 e. The van der Waals surface area contributed by atoms with Crippen LogP contribution in [0.15, 0.2) is 60.7 Å². The van der Waals surface area contributed by atoms with Gasteiger partial charge in [0.25, 0.3) is 0 Å². The molecule has 1 unspecified atom stereocenters. The molecule has 158 valence electrons. The van der Waals surface area contributed by atoms with Gasteiger partial charge < -0.3 is 4.74 Å². The Balaban J connectivity index is 1.72. The van der Waals surface area contributed by atoms with Crippen LogP contribution in [0.1, 0.15) is 25.3 Å². The van der Waals surface area contributed by atoms with E-state index in [1.165, 1.54) is 18.2 Å². The Morgan fingerprint density at radius 2 is 1.81 bits per heavy atom. The number of nitrogens with zero attached hydrogens (tertiary/aromatic N) is 1. The second kappa shape index (κ2) is 9.11. The molecule has 0 N–H and O–H groups in total. The van der Waals surface area contributed by atoms with Crippen molar-refractivity contribution in [2.75, 3.05) is 6.61 Å². The van der Waals surface area contributed by atoms with Gasteiger partial charge in [0.1, 0.15) is 17.4 Å². The second-order valence-corrected chi connectivity index (χ2v) is 8.26. The maximum absolute atomic E-state index is 15.2. The Labute approximate surface area is 183 Å². The summed E-state index contributed by atoms with van der Waals surface area (Å²) in [5, 5.41) is 1.59. The predicted molar refractivity (Wildman–Crippen MR) is 127 cm³/mol. The number of halogens is 2. The lowest BCUT2D eigenvalue weighted by atomic mass is 10.00. The van der Waals surface area contributed by atoms with Crippen molar-refractivity contribution in [1.29, 1.82) is 0 Å². The number of fused-ring (bicyclic) bond motifs is 1. The number of hydrogen-bond donors (Lipinski definition) is 0. The highest BCUT2D eigenvalue weighted by Crippen LogP contribution is 2.31. The van der Waals surface area contributed by atoms with Crippen molar-refractivity contribution in [3.8, 4) is 28.1 Å². The number of rotatable bonds is 6. The third kappa shape index (κ3) is 4.60. The summed E-state index contributed by atoms with van der Waals surface area (Å²) in [4.78, 5) is 4.64. The van der Waals surface area contributed by atoms with Crippen LogP contribution in [0.25, 0.3) is 33.3 Å². The van der Waals surface area contributed by atoms with Crippen molar-refractivity contribution in [3.63, 3.8) is 0 Å². The van der Waals surface area contributed by atoms with E-state index in [2.05, 4.69) is 21.1 Å². The Hall–Kier alpha value is -2.84. The Morgan fingerprint density at radius 1 is 0.968 bits per heavy atom. The van der Waals surface area contributed by atoms with Crippen LogP contribution in [0.3, 0.4) is 0 Å². The molecule has 0 spiro atoms. The minimum Gasteiger partial charge on any atom is -0.494 e. The van der Waals surface area contributed by atoms with Crippen molar-refractivity contribution in [2.45, 2.75) is 26.7 Å². The Bertz CT molecular complexity index is 1260. The molecule has 2 nitrogen and oxygen atoms in total. The molecule has 0 bridgehead atoms. The molecular weight excluding hydrogens is 411 g/mol. The highest BCUT2D eigenvalue weighted by molar-refractivity contribution is 7.28. The van der Waals surface area contributed by atoms with Crippen molar-refractivity contribution in [3.05, 3.63) is 77.9 Å². The first-order valence-corrected chi connectivity index (χ1v) is 10.9. The predicted octanol–water partition coefficient (Wildman–Crippen LogP) is 6.83. The van der Waals surface area contributed by atoms with Crippen molar-refractivity contribution in [1.82, 2.24) is 4.98 Å². The molecule has 3 aromatic carbocycles. The van der Waals surface area contributed by atoms with Gasteiger partial charge in [-0.3, -0.25) is 0 Å². The summed E-state index contributed by atoms with van der Waals surface area (Å²) in [6, 6.07) is 17.2. The van der Waals surface area contributed by atoms with Crippen molar-refractivity contribution in [2.24, 2.45) is 0 Å². The van der Waals surface area contributed by atoms with Gasteiger partial charge in [0.15, 0.2) is 0 Å². The summed E-state index contributed by atoms with van der Waals surface area (Å²) < 4.78 is 34.5. The number of benzene rings is 3. The Kier molecular flexibility index (Phi) is 6.29. The van der Waals surface area contributed by atoms with E-state index in [9.17, 15) is 4.39 Å². The van der Waals surface area contributed by atoms with Crippen LogP contribution in [0.5, 0.6) is 5.75 Å². The number of hydrogen-bond acceptors (Lipinski definition) is 2. The van der Waals surface area contributed by atoms with E-state index in [0.717, 1.165) is 40.4 Å². The quantitative estimate of drug-likeness (QED) is 0.244. The van der Waals surface area contributed by atoms with E-state index < -0.39 is 0 Å². The molecule has 4 aromatic rings. The Morgan fingerprint density at radius 3 is 2.61 bits per heavy atom. The molecule has 0 aliphatic rings. The molecule has 4 rings (SSSR count). The molecule has 1 heterocycles. The van der Waals surface area contributed by atoms with Gasteiger partial charge in [-0.25, -0.2) is 13.8 Å². The minimum atomic E-state index is -0.328. The van der Waals surface area contributed by atoms with E-state index >= 15 is 4.39 Å². The zero-order chi connectivity index (χ0) is 22.0. The maximum atomic E-state index is 15.2. The SMILES string of the molecule is CCCCOc1cccc(-c2cc(P)c(-c3cc(C)c4cc(F)ccc4n3)cc2F)c1. The van der Waals surface area contributed by atoms with Gasteiger partial charge in [-0.15, -0.1) is 9.24 Å². The van der Waals surface area contributed by atoms with E-state index in [-0.39, 0.29) is 11.6 Å². The number of aromatic nitrogens is 1. The number of pyridine rings is 1. The summed E-state index contributed by atoms with van der Waals surface area (Å²) in [5.74, 6) is 0.109. The van der Waals surface area contributed by atoms with Crippen LogP contribution in [-0.2, 0) is 0 Å². The van der Waals surface area contributed by atoms with Crippen LogP contribution >= 0.6 is 9.24 Å². The summed E-state index contributed by atoms with van der Waals surface area (Å²) in [6.07, 6.45) is 2.04. The monoisotopic (exact) mass is 435 g/mol. The zero-order valence-electron chi connectivity index (χ0n) is 17.6. The third-order valence-electron chi connectivity index (χ3n) is 5.30. The summed E-state index contributed by atoms with van der Waals surface area (Å²) in [7, 11) is 2.68. The van der Waals surface area contributed by atoms with Crippen molar-refractivity contribution < 1.29 is 13.5 Å². The molecule has 0 aliphatic heterocycles. The summed E-state index contributed by atoms with van der Waals surface area (Å²) in [5.41, 5.74) is 4.20. The topological polar surface area (TPSA) is 22.1 Å². The highest BCUT2D eigenvalue weighted by atomic mass is 31.0. The largest absolute Gasteiger partial charge is 0.494 e. The first-order chi connectivity index (χ1) is 15.0. The minimum absolute atomic E-state index is 0.298. The lowest BCUT2D eigenvalue weighted by Crippen LogP contribution is -2.03. The van der Waals surface area contributed by atoms with Gasteiger partial charge in [0.2, 0.25) is 0 Å². The fraction of sp³-hybridized carbons (Fsp3) is 0.192. The standard InChI is InChI=1S/C26H24F2NOP/c1-3-4-10-30-19-7-5-6-17(12-19)21-15-26(31)22(14-23(21)28)25-11-16(2)20-13-18(27)8-9-24(20)29-25/h5-9,11-15H,3-4,10,31H2,1-2H3. The fourth-order valence-corrected chi connectivity index (χ4v) is 4.02. The van der Waals surface area contributed by atoms with Gasteiger partial charge in [-0.05, 0) is 78.3 Å². The van der Waals surface area contributed by atoms with Crippen LogP contribution in [0.2, 0.25) is 0 Å². The van der Waals surface area contributed by atoms with E-state index in [4.69, 9.17) is 4.74 Å². The lowest BCUT2D eigenvalue weighted by Gasteiger charge is -2.13. The van der Waals surface area contributed by atoms with E-state index in [1.54, 1.807) is 6.07 Å². The second-order valence-electron chi connectivity index (χ2n) is 7.64. The fourth-order valence-electron chi connectivity index (χ4n) is 3.63. The molecule has 0 radical (unpaired) electrons. The molecule has 1 aromatic heterocycles. The molecule has 0 saturated heterocycles. The number of unbranched alkanes of at least 4 members (excludes halogenated alkanes) is 1. The van der Waals surface area contributed by atoms with Crippen LogP contribution in [0, 0.1) is 18.6 Å². The van der Waals surface area contributed by atoms with Crippen LogP contribution in [-0.4, -0.2) is 11.6 Å². The van der Waals surface area contributed by atoms with E-state index in [0.29, 0.717) is 28.9 Å². The first kappa shape index (κ1) is 21.4. The van der Waals surface area contributed by atoms with Gasteiger partial charge in [0, 0.05) is 16.5 Å². The number of ether oxygens (including phenoxy) is 1. The third-order valence-corrected chi connectivity index (χ3v) is 5.78. The maximum Gasteiger partial charge on any atom is 0.131 e. The van der Waals surface area contributed by atoms with E-state index in [1.807, 2.05) is 43.3 Å². The molecular formula is C26H24F2NOP. The molecule has 0 amide bonds. The summed E-state index contributed by atoms with van der Waals surface area (Å²) >= 11 is 0. The first-order valence-electron chi connectivity index (χ1n) is 10.4. The molecule has 5 heteroatoms. The van der Waals surface area contributed by atoms with Gasteiger partial charge in [-0.1, -0.05) is 25.5 Å². The molecule has 0 fully saturated rings. The zero-order valence-corrected chi connectivity index (χ0v) is 18.7. The van der Waals surface area contributed by atoms with Crippen LogP contribution < -0.4 is 10.0 Å². The summed E-state index contributed by atoms with van der Waals surface area (Å²) in [6.45, 7) is 4.67. The highest BCUT2D eigenvalue weighted by Gasteiger charge is 2.14. The average Bonchev–Trinajstić information content (AvgIpc) is 2.76. The van der Waals surface area contributed by atoms with Gasteiger partial charge >= 0.3 is 0 Å². The van der Waals surface area contributed by atoms with Crippen molar-refractivity contribution >= 4 is 25.4 Å². The van der Waals surface area contributed by atoms with Gasteiger partial charge in [-0.2, -0.15) is 0 Å². The molecule has 0 saturated carbocycles. The normalized spacial score (nSPS) is 11.1. The van der Waals surface area contributed by atoms with Crippen LogP contribution in [0.4, 0.5) is 8.78 Å². The van der Waals surface area contributed by atoms with Gasteiger partial charge in [0.05, 0.1) is 17.8 Å². The molecule has 1 atom stereocenters. The molecule has 31 heavy (non-hydrogen) atoms. The number of aryl methyl sites for hydroxylation is 1. The lowest BCUT2D eigenvalue weighted by molar-refractivity contribution is 0.309. The molecule has 0 aliphatic carbocycles.